The van der Waals surface area contributed by atoms with Gasteiger partial charge in [0.1, 0.15) is 0 Å². The monoisotopic (exact) mass is 281 g/mol. The maximum atomic E-state index is 12.0. The highest BCUT2D eigenvalue weighted by molar-refractivity contribution is 7.10. The first kappa shape index (κ1) is 14.5. The van der Waals surface area contributed by atoms with Gasteiger partial charge in [-0.15, -0.1) is 11.3 Å². The molecule has 1 amide bonds. The smallest absolute Gasteiger partial charge is 0.220 e. The third-order valence-corrected chi connectivity index (χ3v) is 4.78. The maximum absolute atomic E-state index is 12.0. The lowest BCUT2D eigenvalue weighted by atomic mass is 9.96. The van der Waals surface area contributed by atoms with Gasteiger partial charge in [-0.1, -0.05) is 18.9 Å². The molecule has 1 aromatic rings. The van der Waals surface area contributed by atoms with Crippen LogP contribution in [0.15, 0.2) is 17.5 Å². The summed E-state index contributed by atoms with van der Waals surface area (Å²) in [6.07, 6.45) is 5.50. The van der Waals surface area contributed by atoms with Gasteiger partial charge in [0, 0.05) is 11.3 Å². The summed E-state index contributed by atoms with van der Waals surface area (Å²) in [6.45, 7) is 1.72. The standard InChI is InChI=1S/C15H23NO2S/c1-11(17)8-9-14(18)16-15(12-5-2-3-6-12)13-7-4-10-19-13/h4,7,10-12,15,17H,2-3,5-6,8-9H2,1H3,(H,16,18). The third-order valence-electron chi connectivity index (χ3n) is 3.83. The largest absolute Gasteiger partial charge is 0.393 e. The molecule has 2 N–H and O–H groups in total. The minimum absolute atomic E-state index is 0.0613. The molecule has 1 fully saturated rings. The first-order chi connectivity index (χ1) is 9.16. The van der Waals surface area contributed by atoms with Crippen molar-refractivity contribution in [2.45, 2.75) is 57.6 Å². The molecule has 2 unspecified atom stereocenters. The highest BCUT2D eigenvalue weighted by Gasteiger charge is 2.28. The lowest BCUT2D eigenvalue weighted by Crippen LogP contribution is -2.32. The van der Waals surface area contributed by atoms with Crippen molar-refractivity contribution in [1.29, 1.82) is 0 Å². The van der Waals surface area contributed by atoms with Crippen LogP contribution in [0.2, 0.25) is 0 Å². The Balaban J connectivity index is 1.96. The van der Waals surface area contributed by atoms with Crippen LogP contribution < -0.4 is 5.32 Å². The Bertz CT molecular complexity index is 383. The quantitative estimate of drug-likeness (QED) is 0.841. The molecule has 0 radical (unpaired) electrons. The van der Waals surface area contributed by atoms with Crippen LogP contribution in [0.3, 0.4) is 0 Å². The van der Waals surface area contributed by atoms with Gasteiger partial charge in [0.2, 0.25) is 5.91 Å². The van der Waals surface area contributed by atoms with E-state index in [1.54, 1.807) is 18.3 Å². The predicted octanol–water partition coefficient (Wildman–Crippen LogP) is 3.26. The summed E-state index contributed by atoms with van der Waals surface area (Å²) in [5.41, 5.74) is 0. The molecule has 1 aliphatic rings. The van der Waals surface area contributed by atoms with Crippen LogP contribution in [-0.4, -0.2) is 17.1 Å². The highest BCUT2D eigenvalue weighted by Crippen LogP contribution is 2.37. The molecule has 1 heterocycles. The molecule has 0 aromatic carbocycles. The number of aliphatic hydroxyl groups excluding tert-OH is 1. The number of nitrogens with one attached hydrogen (secondary N) is 1. The molecular formula is C15H23NO2S. The van der Waals surface area contributed by atoms with Gasteiger partial charge in [-0.3, -0.25) is 4.79 Å². The highest BCUT2D eigenvalue weighted by atomic mass is 32.1. The van der Waals surface area contributed by atoms with Crippen LogP contribution in [0.5, 0.6) is 0 Å². The van der Waals surface area contributed by atoms with E-state index >= 15 is 0 Å². The van der Waals surface area contributed by atoms with E-state index in [2.05, 4.69) is 16.8 Å². The first-order valence-electron chi connectivity index (χ1n) is 7.17. The second-order valence-electron chi connectivity index (χ2n) is 5.49. The summed E-state index contributed by atoms with van der Waals surface area (Å²) in [4.78, 5) is 13.3. The second kappa shape index (κ2) is 7.06. The average Bonchev–Trinajstić information content (AvgIpc) is 3.05. The molecule has 0 bridgehead atoms. The van der Waals surface area contributed by atoms with Crippen LogP contribution in [0.1, 0.15) is 56.4 Å². The predicted molar refractivity (Wildman–Crippen MR) is 78.1 cm³/mol. The van der Waals surface area contributed by atoms with Crippen molar-refractivity contribution < 1.29 is 9.90 Å². The van der Waals surface area contributed by atoms with Crippen molar-refractivity contribution in [3.63, 3.8) is 0 Å². The topological polar surface area (TPSA) is 49.3 Å². The Morgan fingerprint density at radius 1 is 1.53 bits per heavy atom. The molecule has 1 saturated carbocycles. The molecule has 2 atom stereocenters. The van der Waals surface area contributed by atoms with Gasteiger partial charge in [-0.25, -0.2) is 0 Å². The normalized spacial score (nSPS) is 19.3. The summed E-state index contributed by atoms with van der Waals surface area (Å²) < 4.78 is 0. The fraction of sp³-hybridized carbons (Fsp3) is 0.667. The molecular weight excluding hydrogens is 258 g/mol. The zero-order valence-corrected chi connectivity index (χ0v) is 12.3. The van der Waals surface area contributed by atoms with Crippen molar-refractivity contribution in [2.24, 2.45) is 5.92 Å². The van der Waals surface area contributed by atoms with Crippen molar-refractivity contribution in [3.05, 3.63) is 22.4 Å². The molecule has 2 rings (SSSR count). The molecule has 106 valence electrons. The zero-order valence-electron chi connectivity index (χ0n) is 11.5. The van der Waals surface area contributed by atoms with E-state index < -0.39 is 6.10 Å². The number of carbonyl (C=O) groups is 1. The molecule has 3 nitrogen and oxygen atoms in total. The Kier molecular flexibility index (Phi) is 5.40. The van der Waals surface area contributed by atoms with Crippen LogP contribution in [-0.2, 0) is 4.79 Å². The molecule has 19 heavy (non-hydrogen) atoms. The average molecular weight is 281 g/mol. The van der Waals surface area contributed by atoms with Crippen LogP contribution >= 0.6 is 11.3 Å². The molecule has 4 heteroatoms. The van der Waals surface area contributed by atoms with E-state index in [0.29, 0.717) is 18.8 Å². The number of amides is 1. The van der Waals surface area contributed by atoms with Crippen molar-refractivity contribution in [1.82, 2.24) is 5.32 Å². The van der Waals surface area contributed by atoms with Gasteiger partial charge in [0.15, 0.2) is 0 Å². The fourth-order valence-corrected chi connectivity index (χ4v) is 3.64. The summed E-state index contributed by atoms with van der Waals surface area (Å²) in [6, 6.07) is 4.33. The van der Waals surface area contributed by atoms with Gasteiger partial charge in [0.05, 0.1) is 12.1 Å². The molecule has 1 aromatic heterocycles. The van der Waals surface area contributed by atoms with E-state index in [1.165, 1.54) is 30.6 Å². The zero-order chi connectivity index (χ0) is 13.7. The number of rotatable bonds is 6. The van der Waals surface area contributed by atoms with Gasteiger partial charge >= 0.3 is 0 Å². The van der Waals surface area contributed by atoms with E-state index in [4.69, 9.17) is 0 Å². The molecule has 0 aliphatic heterocycles. The molecule has 0 saturated heterocycles. The van der Waals surface area contributed by atoms with Gasteiger partial charge < -0.3 is 10.4 Å². The van der Waals surface area contributed by atoms with Crippen LogP contribution in [0.25, 0.3) is 0 Å². The number of carbonyl (C=O) groups excluding carboxylic acids is 1. The SMILES string of the molecule is CC(O)CCC(=O)NC(c1cccs1)C1CCCC1. The number of hydrogen-bond acceptors (Lipinski definition) is 3. The van der Waals surface area contributed by atoms with Gasteiger partial charge in [-0.05, 0) is 43.6 Å². The maximum Gasteiger partial charge on any atom is 0.220 e. The molecule has 0 spiro atoms. The summed E-state index contributed by atoms with van der Waals surface area (Å²) >= 11 is 1.72. The van der Waals surface area contributed by atoms with Crippen molar-refractivity contribution >= 4 is 17.2 Å². The molecule has 1 aliphatic carbocycles. The van der Waals surface area contributed by atoms with Crippen LogP contribution in [0.4, 0.5) is 0 Å². The van der Waals surface area contributed by atoms with Crippen LogP contribution in [0, 0.1) is 5.92 Å². The Labute approximate surface area is 119 Å². The minimum atomic E-state index is -0.405. The Hall–Kier alpha value is -0.870. The van der Waals surface area contributed by atoms with E-state index in [-0.39, 0.29) is 11.9 Å². The fourth-order valence-electron chi connectivity index (χ4n) is 2.77. The Morgan fingerprint density at radius 2 is 2.26 bits per heavy atom. The lowest BCUT2D eigenvalue weighted by Gasteiger charge is -2.24. The van der Waals surface area contributed by atoms with E-state index in [1.807, 2.05) is 6.07 Å². The van der Waals surface area contributed by atoms with Gasteiger partial charge in [-0.2, -0.15) is 0 Å². The van der Waals surface area contributed by atoms with E-state index in [9.17, 15) is 9.90 Å². The number of thiophene rings is 1. The lowest BCUT2D eigenvalue weighted by molar-refractivity contribution is -0.122. The van der Waals surface area contributed by atoms with Crippen molar-refractivity contribution in [2.75, 3.05) is 0 Å². The number of hydrogen-bond donors (Lipinski definition) is 2. The van der Waals surface area contributed by atoms with Crippen molar-refractivity contribution in [3.8, 4) is 0 Å². The van der Waals surface area contributed by atoms with E-state index in [0.717, 1.165) is 0 Å². The number of aliphatic hydroxyl groups is 1. The Morgan fingerprint density at radius 3 is 2.84 bits per heavy atom. The first-order valence-corrected chi connectivity index (χ1v) is 8.05. The summed E-state index contributed by atoms with van der Waals surface area (Å²) in [7, 11) is 0. The summed E-state index contributed by atoms with van der Waals surface area (Å²) in [5, 5.41) is 14.5. The minimum Gasteiger partial charge on any atom is -0.393 e. The van der Waals surface area contributed by atoms with Gasteiger partial charge in [0.25, 0.3) is 0 Å². The summed E-state index contributed by atoms with van der Waals surface area (Å²) in [5.74, 6) is 0.639. The third kappa shape index (κ3) is 4.32. The second-order valence-corrected chi connectivity index (χ2v) is 6.47.